The van der Waals surface area contributed by atoms with Gasteiger partial charge < -0.3 is 10.1 Å². The highest BCUT2D eigenvalue weighted by molar-refractivity contribution is 6.68. The van der Waals surface area contributed by atoms with Crippen molar-refractivity contribution in [3.8, 4) is 5.75 Å². The number of hydrogen-bond acceptors (Lipinski definition) is 2. The molecule has 1 N–H and O–H groups in total. The van der Waals surface area contributed by atoms with Crippen LogP contribution >= 0.6 is 46.4 Å². The van der Waals surface area contributed by atoms with Crippen molar-refractivity contribution in [1.29, 1.82) is 0 Å². The van der Waals surface area contributed by atoms with Gasteiger partial charge in [-0.25, -0.2) is 0 Å². The lowest BCUT2D eigenvalue weighted by Crippen LogP contribution is -2.48. The third kappa shape index (κ3) is 5.06. The van der Waals surface area contributed by atoms with E-state index in [-0.39, 0.29) is 11.8 Å². The van der Waals surface area contributed by atoms with E-state index in [4.69, 9.17) is 51.1 Å². The summed E-state index contributed by atoms with van der Waals surface area (Å²) < 4.78 is 3.99. The molecule has 2 aromatic rings. The molecule has 0 bridgehead atoms. The molecule has 2 aromatic carbocycles. The largest absolute Gasteiger partial charge is 0.465 e. The molecule has 0 saturated carbocycles. The quantitative estimate of drug-likeness (QED) is 0.506. The lowest BCUT2D eigenvalue weighted by molar-refractivity contribution is -0.124. The fourth-order valence-corrected chi connectivity index (χ4v) is 2.74. The Morgan fingerprint density at radius 3 is 2.33 bits per heavy atom. The van der Waals surface area contributed by atoms with Gasteiger partial charge in [0.15, 0.2) is 0 Å². The molecule has 7 heteroatoms. The summed E-state index contributed by atoms with van der Waals surface area (Å²) in [7, 11) is 0. The minimum atomic E-state index is -1.83. The summed E-state index contributed by atoms with van der Waals surface area (Å²) in [6.07, 6.45) is -0.819. The van der Waals surface area contributed by atoms with Gasteiger partial charge in [0, 0.05) is 22.2 Å². The van der Waals surface area contributed by atoms with E-state index < -0.39 is 10.0 Å². The first-order valence-electron chi connectivity index (χ1n) is 7.38. The number of hydrogen-bond donors (Lipinski definition) is 1. The number of amides is 1. The van der Waals surface area contributed by atoms with E-state index >= 15 is 0 Å². The molecule has 2 rings (SSSR count). The monoisotopic (exact) mass is 407 g/mol. The Kier molecular flexibility index (Phi) is 6.49. The highest BCUT2D eigenvalue weighted by Gasteiger charge is 2.36. The average molecular weight is 409 g/mol. The van der Waals surface area contributed by atoms with Crippen LogP contribution in [0.3, 0.4) is 0 Å². The maximum Gasteiger partial charge on any atom is 0.246 e. The van der Waals surface area contributed by atoms with Gasteiger partial charge in [-0.1, -0.05) is 84.5 Å². The first-order valence-corrected chi connectivity index (χ1v) is 8.89. The molecule has 3 nitrogen and oxygen atoms in total. The molecule has 0 heterocycles. The van der Waals surface area contributed by atoms with Gasteiger partial charge in [0.1, 0.15) is 5.75 Å². The molecule has 24 heavy (non-hydrogen) atoms. The summed E-state index contributed by atoms with van der Waals surface area (Å²) in [5.41, 5.74) is 0. The molecule has 0 aliphatic carbocycles. The summed E-state index contributed by atoms with van der Waals surface area (Å²) in [6, 6.07) is 10.8. The van der Waals surface area contributed by atoms with Crippen molar-refractivity contribution in [3.63, 3.8) is 0 Å². The molecule has 1 atom stereocenters. The summed E-state index contributed by atoms with van der Waals surface area (Å²) in [5, 5.41) is 4.80. The smallest absolute Gasteiger partial charge is 0.246 e. The van der Waals surface area contributed by atoms with Crippen molar-refractivity contribution in [2.24, 2.45) is 5.92 Å². The molecule has 130 valence electrons. The van der Waals surface area contributed by atoms with Crippen LogP contribution in [0.2, 0.25) is 5.02 Å². The van der Waals surface area contributed by atoms with Gasteiger partial charge in [0.05, 0.1) is 0 Å². The molecule has 0 saturated heterocycles. The first-order chi connectivity index (χ1) is 11.2. The normalized spacial score (nSPS) is 13.1. The second-order valence-corrected chi connectivity index (χ2v) is 8.57. The number of halogens is 4. The van der Waals surface area contributed by atoms with Gasteiger partial charge in [0.25, 0.3) is 0 Å². The van der Waals surface area contributed by atoms with Crippen LogP contribution in [0.1, 0.15) is 20.3 Å². The summed E-state index contributed by atoms with van der Waals surface area (Å²) in [4.78, 5) is 12.0. The lowest BCUT2D eigenvalue weighted by atomic mass is 10.1. The topological polar surface area (TPSA) is 38.3 Å². The van der Waals surface area contributed by atoms with Crippen molar-refractivity contribution in [2.45, 2.75) is 30.3 Å². The second-order valence-electron chi connectivity index (χ2n) is 5.80. The third-order valence-corrected chi connectivity index (χ3v) is 4.18. The molecule has 0 aromatic heterocycles. The summed E-state index contributed by atoms with van der Waals surface area (Å²) in [5.74, 6) is 0.396. The molecule has 0 spiro atoms. The number of alkyl halides is 3. The Hall–Kier alpha value is -0.870. The molecule has 0 aliphatic rings. The SMILES string of the molecule is CC(C)CC(=O)N[C@H](Oc1ccc(Cl)c2ccccc12)C(Cl)(Cl)Cl. The standard InChI is InChI=1S/C17H17Cl4NO2/c1-10(2)9-15(23)22-16(17(19,20)21)24-14-8-7-13(18)11-5-3-4-6-12(11)14/h3-8,10,16H,9H2,1-2H3,(H,22,23)/t16-/m1/s1. The third-order valence-electron chi connectivity index (χ3n) is 3.26. The number of ether oxygens (including phenoxy) is 1. The zero-order valence-corrected chi connectivity index (χ0v) is 16.2. The van der Waals surface area contributed by atoms with Crippen LogP contribution in [0.15, 0.2) is 36.4 Å². The summed E-state index contributed by atoms with van der Waals surface area (Å²) >= 11 is 24.1. The minimum absolute atomic E-state index is 0.178. The van der Waals surface area contributed by atoms with Crippen molar-refractivity contribution in [1.82, 2.24) is 5.32 Å². The maximum absolute atomic E-state index is 12.0. The number of fused-ring (bicyclic) bond motifs is 1. The number of benzene rings is 2. The van der Waals surface area contributed by atoms with E-state index in [0.29, 0.717) is 17.2 Å². The molecular weight excluding hydrogens is 392 g/mol. The van der Waals surface area contributed by atoms with Crippen LogP contribution in [0, 0.1) is 5.92 Å². The van der Waals surface area contributed by atoms with Crippen LogP contribution < -0.4 is 10.1 Å². The molecule has 0 aliphatic heterocycles. The van der Waals surface area contributed by atoms with Gasteiger partial charge in [-0.05, 0) is 18.1 Å². The Morgan fingerprint density at radius 1 is 1.12 bits per heavy atom. The Bertz CT molecular complexity index is 728. The zero-order valence-electron chi connectivity index (χ0n) is 13.2. The van der Waals surface area contributed by atoms with Crippen LogP contribution in [-0.4, -0.2) is 15.9 Å². The Morgan fingerprint density at radius 2 is 1.75 bits per heavy atom. The van der Waals surface area contributed by atoms with Gasteiger partial charge in [-0.3, -0.25) is 4.79 Å². The predicted molar refractivity (Wildman–Crippen MR) is 101 cm³/mol. The zero-order chi connectivity index (χ0) is 17.9. The fourth-order valence-electron chi connectivity index (χ4n) is 2.22. The number of rotatable bonds is 5. The van der Waals surface area contributed by atoms with Crippen LogP contribution in [0.5, 0.6) is 5.75 Å². The van der Waals surface area contributed by atoms with Crippen molar-refractivity contribution in [3.05, 3.63) is 41.4 Å². The highest BCUT2D eigenvalue weighted by atomic mass is 35.6. The van der Waals surface area contributed by atoms with E-state index in [2.05, 4.69) is 5.32 Å². The minimum Gasteiger partial charge on any atom is -0.465 e. The molecule has 0 radical (unpaired) electrons. The molecule has 0 fully saturated rings. The van der Waals surface area contributed by atoms with E-state index in [9.17, 15) is 4.79 Å². The van der Waals surface area contributed by atoms with Crippen LogP contribution in [-0.2, 0) is 4.79 Å². The average Bonchev–Trinajstić information content (AvgIpc) is 2.47. The van der Waals surface area contributed by atoms with E-state index in [1.54, 1.807) is 12.1 Å². The Labute approximate surface area is 161 Å². The molecule has 0 unspecified atom stereocenters. The first kappa shape index (κ1) is 19.5. The highest BCUT2D eigenvalue weighted by Crippen LogP contribution is 2.36. The van der Waals surface area contributed by atoms with Crippen molar-refractivity contribution < 1.29 is 9.53 Å². The second kappa shape index (κ2) is 8.01. The van der Waals surface area contributed by atoms with Crippen molar-refractivity contribution >= 4 is 63.1 Å². The fraction of sp³-hybridized carbons (Fsp3) is 0.353. The van der Waals surface area contributed by atoms with E-state index in [0.717, 1.165) is 10.8 Å². The van der Waals surface area contributed by atoms with Gasteiger partial charge >= 0.3 is 0 Å². The van der Waals surface area contributed by atoms with E-state index in [1.807, 2.05) is 38.1 Å². The molecular formula is C17H17Cl4NO2. The van der Waals surface area contributed by atoms with Gasteiger partial charge in [-0.2, -0.15) is 0 Å². The van der Waals surface area contributed by atoms with E-state index in [1.165, 1.54) is 0 Å². The van der Waals surface area contributed by atoms with Crippen LogP contribution in [0.25, 0.3) is 10.8 Å². The van der Waals surface area contributed by atoms with Crippen molar-refractivity contribution in [2.75, 3.05) is 0 Å². The van der Waals surface area contributed by atoms with Gasteiger partial charge in [-0.15, -0.1) is 0 Å². The number of nitrogens with one attached hydrogen (secondary N) is 1. The van der Waals surface area contributed by atoms with Gasteiger partial charge in [0.2, 0.25) is 15.9 Å². The maximum atomic E-state index is 12.0. The summed E-state index contributed by atoms with van der Waals surface area (Å²) in [6.45, 7) is 3.86. The lowest BCUT2D eigenvalue weighted by Gasteiger charge is -2.27. The van der Waals surface area contributed by atoms with Crippen LogP contribution in [0.4, 0.5) is 0 Å². The number of carbonyl (C=O) groups excluding carboxylic acids is 1. The molecule has 1 amide bonds. The Balaban J connectivity index is 2.30. The number of carbonyl (C=O) groups is 1. The predicted octanol–water partition coefficient (Wildman–Crippen LogP) is 5.73.